The molecule has 1 N–H and O–H groups in total. The van der Waals surface area contributed by atoms with E-state index < -0.39 is 5.72 Å². The summed E-state index contributed by atoms with van der Waals surface area (Å²) >= 11 is 3.51. The van der Waals surface area contributed by atoms with E-state index in [1.807, 2.05) is 45.0 Å². The maximum Gasteiger partial charge on any atom is 0.325 e. The summed E-state index contributed by atoms with van der Waals surface area (Å²) in [5.74, 6) is 1.34. The normalized spacial score (nSPS) is 23.8. The Hall–Kier alpha value is -2.21. The molecular formula is C20H21BrN2O3. The predicted molar refractivity (Wildman–Crippen MR) is 104 cm³/mol. The van der Waals surface area contributed by atoms with Crippen LogP contribution in [0.5, 0.6) is 11.5 Å². The zero-order valence-corrected chi connectivity index (χ0v) is 16.8. The number of carbonyl (C=O) groups is 1. The maximum atomic E-state index is 13.0. The van der Waals surface area contributed by atoms with Crippen LogP contribution in [0.25, 0.3) is 0 Å². The van der Waals surface area contributed by atoms with E-state index in [0.29, 0.717) is 17.9 Å². The third-order valence-electron chi connectivity index (χ3n) is 4.99. The molecule has 5 nitrogen and oxygen atoms in total. The van der Waals surface area contributed by atoms with Crippen molar-refractivity contribution < 1.29 is 14.3 Å². The zero-order valence-electron chi connectivity index (χ0n) is 15.2. The Balaban J connectivity index is 1.85. The topological polar surface area (TPSA) is 50.8 Å². The monoisotopic (exact) mass is 416 g/mol. The number of aryl methyl sites for hydroxylation is 2. The van der Waals surface area contributed by atoms with Crippen molar-refractivity contribution in [3.8, 4) is 11.5 Å². The highest BCUT2D eigenvalue weighted by Gasteiger charge is 2.50. The van der Waals surface area contributed by atoms with E-state index in [1.54, 1.807) is 12.0 Å². The molecule has 1 fully saturated rings. The highest BCUT2D eigenvalue weighted by atomic mass is 79.9. The van der Waals surface area contributed by atoms with Gasteiger partial charge in [-0.3, -0.25) is 4.90 Å². The number of methoxy groups -OCH3 is 1. The summed E-state index contributed by atoms with van der Waals surface area (Å²) in [6.45, 7) is 6.02. The molecule has 26 heavy (non-hydrogen) atoms. The molecule has 0 saturated carbocycles. The molecule has 4 rings (SSSR count). The minimum Gasteiger partial charge on any atom is -0.493 e. The minimum atomic E-state index is -0.790. The Bertz CT molecular complexity index is 894. The summed E-state index contributed by atoms with van der Waals surface area (Å²) in [5.41, 5.74) is 3.19. The molecule has 2 bridgehead atoms. The van der Waals surface area contributed by atoms with E-state index in [1.165, 1.54) is 0 Å². The number of rotatable bonds is 2. The van der Waals surface area contributed by atoms with Crippen LogP contribution >= 0.6 is 15.9 Å². The van der Waals surface area contributed by atoms with Crippen LogP contribution < -0.4 is 19.7 Å². The SMILES string of the molecule is COc1cc(Br)cc2c1O[C@]1(C)CC2NC(=O)N1c1cc(C)cc(C)c1. The fourth-order valence-electron chi connectivity index (χ4n) is 4.02. The molecule has 0 aromatic heterocycles. The number of carbonyl (C=O) groups excluding carboxylic acids is 1. The van der Waals surface area contributed by atoms with Gasteiger partial charge >= 0.3 is 6.03 Å². The molecule has 2 aliphatic heterocycles. The Labute approximate surface area is 161 Å². The lowest BCUT2D eigenvalue weighted by Crippen LogP contribution is -2.65. The number of anilines is 1. The lowest BCUT2D eigenvalue weighted by Gasteiger charge is -2.50. The van der Waals surface area contributed by atoms with Crippen LogP contribution in [-0.2, 0) is 0 Å². The summed E-state index contributed by atoms with van der Waals surface area (Å²) in [6, 6.07) is 9.70. The van der Waals surface area contributed by atoms with Crippen molar-refractivity contribution in [3.63, 3.8) is 0 Å². The Morgan fingerprint density at radius 3 is 2.58 bits per heavy atom. The lowest BCUT2D eigenvalue weighted by atomic mass is 9.89. The minimum absolute atomic E-state index is 0.121. The third-order valence-corrected chi connectivity index (χ3v) is 5.44. The number of hydrogen-bond donors (Lipinski definition) is 1. The van der Waals surface area contributed by atoms with Crippen molar-refractivity contribution in [1.82, 2.24) is 5.32 Å². The van der Waals surface area contributed by atoms with Gasteiger partial charge in [-0.2, -0.15) is 0 Å². The molecule has 6 heteroatoms. The van der Waals surface area contributed by atoms with Crippen LogP contribution in [0.2, 0.25) is 0 Å². The zero-order chi connectivity index (χ0) is 18.6. The quantitative estimate of drug-likeness (QED) is 0.761. The first-order valence-electron chi connectivity index (χ1n) is 8.56. The van der Waals surface area contributed by atoms with Crippen molar-refractivity contribution in [2.24, 2.45) is 0 Å². The van der Waals surface area contributed by atoms with Gasteiger partial charge in [0.05, 0.1) is 13.2 Å². The first kappa shape index (κ1) is 17.2. The van der Waals surface area contributed by atoms with E-state index in [0.717, 1.165) is 26.9 Å². The highest BCUT2D eigenvalue weighted by molar-refractivity contribution is 9.10. The summed E-state index contributed by atoms with van der Waals surface area (Å²) in [7, 11) is 1.62. The number of fused-ring (bicyclic) bond motifs is 4. The lowest BCUT2D eigenvalue weighted by molar-refractivity contribution is 0.0349. The number of ether oxygens (including phenoxy) is 2. The van der Waals surface area contributed by atoms with Crippen LogP contribution in [0, 0.1) is 13.8 Å². The number of halogens is 1. The van der Waals surface area contributed by atoms with Gasteiger partial charge in [0.1, 0.15) is 0 Å². The van der Waals surface area contributed by atoms with Gasteiger partial charge in [0.15, 0.2) is 17.2 Å². The molecule has 2 amide bonds. The fraction of sp³-hybridized carbons (Fsp3) is 0.350. The standard InChI is InChI=1S/C20H21BrN2O3/c1-11-5-12(2)7-14(6-11)23-19(24)22-16-10-20(23,3)26-18-15(16)8-13(21)9-17(18)25-4/h5-9,16H,10H2,1-4H3,(H,22,24)/t16?,20-/m1/s1. The molecule has 1 saturated heterocycles. The predicted octanol–water partition coefficient (Wildman–Crippen LogP) is 4.84. The summed E-state index contributed by atoms with van der Waals surface area (Å²) in [6.07, 6.45) is 0.651. The highest BCUT2D eigenvalue weighted by Crippen LogP contribution is 2.50. The summed E-state index contributed by atoms with van der Waals surface area (Å²) < 4.78 is 12.8. The number of nitrogens with one attached hydrogen (secondary N) is 1. The van der Waals surface area contributed by atoms with E-state index in [4.69, 9.17) is 9.47 Å². The van der Waals surface area contributed by atoms with Crippen molar-refractivity contribution in [3.05, 3.63) is 51.5 Å². The van der Waals surface area contributed by atoms with E-state index >= 15 is 0 Å². The average molecular weight is 417 g/mol. The Kier molecular flexibility index (Phi) is 3.91. The fourth-order valence-corrected chi connectivity index (χ4v) is 4.48. The second-order valence-corrected chi connectivity index (χ2v) is 8.11. The summed E-state index contributed by atoms with van der Waals surface area (Å²) in [4.78, 5) is 14.7. The number of hydrogen-bond acceptors (Lipinski definition) is 3. The molecule has 1 unspecified atom stereocenters. The van der Waals surface area contributed by atoms with Crippen LogP contribution in [0.4, 0.5) is 10.5 Å². The van der Waals surface area contributed by atoms with Crippen molar-refractivity contribution in [2.75, 3.05) is 12.0 Å². The van der Waals surface area contributed by atoms with Gasteiger partial charge in [0.2, 0.25) is 0 Å². The summed E-state index contributed by atoms with van der Waals surface area (Å²) in [5, 5.41) is 3.13. The second-order valence-electron chi connectivity index (χ2n) is 7.19. The van der Waals surface area contributed by atoms with Gasteiger partial charge in [-0.25, -0.2) is 4.79 Å². The van der Waals surface area contributed by atoms with Gasteiger partial charge in [-0.05, 0) is 56.2 Å². The van der Waals surface area contributed by atoms with E-state index in [-0.39, 0.29) is 12.1 Å². The van der Waals surface area contributed by atoms with Crippen molar-refractivity contribution in [1.29, 1.82) is 0 Å². The first-order valence-corrected chi connectivity index (χ1v) is 9.35. The van der Waals surface area contributed by atoms with Gasteiger partial charge in [0.25, 0.3) is 0 Å². The smallest absolute Gasteiger partial charge is 0.325 e. The molecule has 0 radical (unpaired) electrons. The molecule has 2 heterocycles. The molecule has 2 aromatic rings. The average Bonchev–Trinajstić information content (AvgIpc) is 2.53. The number of urea groups is 1. The third kappa shape index (κ3) is 2.63. The number of nitrogens with zero attached hydrogens (tertiary/aromatic N) is 1. The van der Waals surface area contributed by atoms with Crippen LogP contribution in [-0.4, -0.2) is 18.9 Å². The van der Waals surface area contributed by atoms with E-state index in [2.05, 4.69) is 27.3 Å². The van der Waals surface area contributed by atoms with Crippen LogP contribution in [0.3, 0.4) is 0 Å². The van der Waals surface area contributed by atoms with Gasteiger partial charge < -0.3 is 14.8 Å². The number of benzene rings is 2. The molecule has 136 valence electrons. The van der Waals surface area contributed by atoms with Gasteiger partial charge in [-0.1, -0.05) is 22.0 Å². The maximum absolute atomic E-state index is 13.0. The Morgan fingerprint density at radius 2 is 1.92 bits per heavy atom. The van der Waals surface area contributed by atoms with Crippen LogP contribution in [0.1, 0.15) is 36.1 Å². The Morgan fingerprint density at radius 1 is 1.23 bits per heavy atom. The molecular weight excluding hydrogens is 396 g/mol. The molecule has 2 aliphatic rings. The number of amides is 2. The second kappa shape index (κ2) is 5.91. The van der Waals surface area contributed by atoms with Crippen molar-refractivity contribution in [2.45, 2.75) is 39.0 Å². The van der Waals surface area contributed by atoms with E-state index in [9.17, 15) is 4.79 Å². The van der Waals surface area contributed by atoms with Gasteiger partial charge in [0, 0.05) is 22.1 Å². The van der Waals surface area contributed by atoms with Crippen molar-refractivity contribution >= 4 is 27.6 Å². The first-order chi connectivity index (χ1) is 12.3. The molecule has 0 aliphatic carbocycles. The molecule has 0 spiro atoms. The largest absolute Gasteiger partial charge is 0.493 e. The molecule has 2 aromatic carbocycles. The van der Waals surface area contributed by atoms with Crippen LogP contribution in [0.15, 0.2) is 34.8 Å². The molecule has 2 atom stereocenters. The van der Waals surface area contributed by atoms with Gasteiger partial charge in [-0.15, -0.1) is 0 Å².